The summed E-state index contributed by atoms with van der Waals surface area (Å²) < 4.78 is 23.0. The van der Waals surface area contributed by atoms with Crippen molar-refractivity contribution >= 4 is 21.2 Å². The lowest BCUT2D eigenvalue weighted by atomic mass is 10.1. The van der Waals surface area contributed by atoms with Gasteiger partial charge in [-0.2, -0.15) is 0 Å². The Bertz CT molecular complexity index is 631. The predicted molar refractivity (Wildman–Crippen MR) is 84.0 cm³/mol. The highest BCUT2D eigenvalue weighted by molar-refractivity contribution is 7.90. The molecule has 0 bridgehead atoms. The molecule has 2 aromatic rings. The van der Waals surface area contributed by atoms with E-state index in [0.717, 1.165) is 18.5 Å². The Kier molecular flexibility index (Phi) is 4.96. The zero-order valence-electron chi connectivity index (χ0n) is 11.7. The van der Waals surface area contributed by atoms with Crippen LogP contribution in [0.5, 0.6) is 0 Å². The fraction of sp³-hybridized carbons (Fsp3) is 0.333. The van der Waals surface area contributed by atoms with E-state index in [0.29, 0.717) is 4.90 Å². The smallest absolute Gasteiger partial charge is 0.175 e. The fourth-order valence-corrected chi connectivity index (χ4v) is 3.49. The van der Waals surface area contributed by atoms with Gasteiger partial charge < -0.3 is 5.32 Å². The maximum atomic E-state index is 11.5. The molecular weight excluding hydrogens is 290 g/mol. The highest BCUT2D eigenvalue weighted by Crippen LogP contribution is 2.26. The van der Waals surface area contributed by atoms with Gasteiger partial charge in [-0.15, -0.1) is 11.3 Å². The van der Waals surface area contributed by atoms with Gasteiger partial charge >= 0.3 is 0 Å². The van der Waals surface area contributed by atoms with Crippen molar-refractivity contribution in [3.63, 3.8) is 0 Å². The molecule has 20 heavy (non-hydrogen) atoms. The van der Waals surface area contributed by atoms with E-state index >= 15 is 0 Å². The molecule has 1 unspecified atom stereocenters. The standard InChI is InChI=1S/C15H19NO2S2/c1-3-10-16-15(14-5-4-11-19-14)12-6-8-13(9-7-12)20(2,17)18/h4-9,11,15-16H,3,10H2,1-2H3. The van der Waals surface area contributed by atoms with Crippen LogP contribution >= 0.6 is 11.3 Å². The minimum Gasteiger partial charge on any atom is -0.306 e. The molecular formula is C15H19NO2S2. The van der Waals surface area contributed by atoms with Gasteiger partial charge in [-0.25, -0.2) is 8.42 Å². The van der Waals surface area contributed by atoms with E-state index in [2.05, 4.69) is 23.7 Å². The molecule has 1 heterocycles. The molecule has 0 saturated heterocycles. The fourth-order valence-electron chi connectivity index (χ4n) is 2.03. The van der Waals surface area contributed by atoms with Crippen molar-refractivity contribution in [3.8, 4) is 0 Å². The molecule has 0 fully saturated rings. The van der Waals surface area contributed by atoms with Gasteiger partial charge in [0.15, 0.2) is 9.84 Å². The number of hydrogen-bond donors (Lipinski definition) is 1. The van der Waals surface area contributed by atoms with Crippen LogP contribution in [0.3, 0.4) is 0 Å². The van der Waals surface area contributed by atoms with Crippen LogP contribution in [0.1, 0.15) is 29.8 Å². The largest absolute Gasteiger partial charge is 0.306 e. The van der Waals surface area contributed by atoms with Crippen LogP contribution in [0.15, 0.2) is 46.7 Å². The third kappa shape index (κ3) is 3.69. The first kappa shape index (κ1) is 15.2. The minimum atomic E-state index is -3.13. The third-order valence-electron chi connectivity index (χ3n) is 3.07. The van der Waals surface area contributed by atoms with Crippen molar-refractivity contribution in [2.75, 3.05) is 12.8 Å². The molecule has 5 heteroatoms. The Morgan fingerprint density at radius 1 is 1.20 bits per heavy atom. The average molecular weight is 309 g/mol. The predicted octanol–water partition coefficient (Wildman–Crippen LogP) is 3.24. The first-order valence-electron chi connectivity index (χ1n) is 6.59. The minimum absolute atomic E-state index is 0.128. The van der Waals surface area contributed by atoms with E-state index in [1.807, 2.05) is 18.2 Å². The molecule has 0 saturated carbocycles. The van der Waals surface area contributed by atoms with Gasteiger partial charge in [0.25, 0.3) is 0 Å². The highest BCUT2D eigenvalue weighted by Gasteiger charge is 2.15. The van der Waals surface area contributed by atoms with E-state index in [1.165, 1.54) is 11.1 Å². The number of sulfone groups is 1. The molecule has 1 aromatic heterocycles. The number of rotatable bonds is 6. The van der Waals surface area contributed by atoms with Crippen molar-refractivity contribution in [3.05, 3.63) is 52.2 Å². The summed E-state index contributed by atoms with van der Waals surface area (Å²) >= 11 is 1.71. The molecule has 1 aromatic carbocycles. The van der Waals surface area contributed by atoms with E-state index in [1.54, 1.807) is 23.5 Å². The molecule has 0 radical (unpaired) electrons. The van der Waals surface area contributed by atoms with Crippen LogP contribution in [-0.4, -0.2) is 21.2 Å². The van der Waals surface area contributed by atoms with Gasteiger partial charge in [0.1, 0.15) is 0 Å². The molecule has 0 aliphatic heterocycles. The molecule has 0 amide bonds. The Hall–Kier alpha value is -1.17. The summed E-state index contributed by atoms with van der Waals surface area (Å²) in [7, 11) is -3.13. The number of benzene rings is 1. The highest BCUT2D eigenvalue weighted by atomic mass is 32.2. The van der Waals surface area contributed by atoms with Crippen LogP contribution in [0.2, 0.25) is 0 Å². The van der Waals surface area contributed by atoms with Crippen LogP contribution in [0.25, 0.3) is 0 Å². The monoisotopic (exact) mass is 309 g/mol. The first-order valence-corrected chi connectivity index (χ1v) is 9.36. The summed E-state index contributed by atoms with van der Waals surface area (Å²) in [5, 5.41) is 5.56. The van der Waals surface area contributed by atoms with Crippen LogP contribution in [0, 0.1) is 0 Å². The molecule has 1 atom stereocenters. The zero-order valence-corrected chi connectivity index (χ0v) is 13.3. The lowest BCUT2D eigenvalue weighted by molar-refractivity contribution is 0.599. The maximum absolute atomic E-state index is 11.5. The van der Waals surface area contributed by atoms with Gasteiger partial charge in [-0.1, -0.05) is 25.1 Å². The van der Waals surface area contributed by atoms with E-state index in [4.69, 9.17) is 0 Å². The van der Waals surface area contributed by atoms with Gasteiger partial charge in [0.2, 0.25) is 0 Å². The van der Waals surface area contributed by atoms with E-state index < -0.39 is 9.84 Å². The van der Waals surface area contributed by atoms with Crippen LogP contribution < -0.4 is 5.32 Å². The second-order valence-electron chi connectivity index (χ2n) is 4.74. The second kappa shape index (κ2) is 6.52. The van der Waals surface area contributed by atoms with Crippen molar-refractivity contribution < 1.29 is 8.42 Å². The molecule has 0 spiro atoms. The molecule has 3 nitrogen and oxygen atoms in total. The summed E-state index contributed by atoms with van der Waals surface area (Å²) in [4.78, 5) is 1.60. The topological polar surface area (TPSA) is 46.2 Å². The van der Waals surface area contributed by atoms with Gasteiger partial charge in [-0.05, 0) is 42.1 Å². The molecule has 1 N–H and O–H groups in total. The quantitative estimate of drug-likeness (QED) is 0.891. The van der Waals surface area contributed by atoms with Crippen molar-refractivity contribution in [1.29, 1.82) is 0 Å². The van der Waals surface area contributed by atoms with Gasteiger partial charge in [0, 0.05) is 11.1 Å². The lowest BCUT2D eigenvalue weighted by Gasteiger charge is -2.18. The van der Waals surface area contributed by atoms with Gasteiger partial charge in [0.05, 0.1) is 10.9 Å². The number of hydrogen-bond acceptors (Lipinski definition) is 4. The maximum Gasteiger partial charge on any atom is 0.175 e. The Morgan fingerprint density at radius 2 is 1.90 bits per heavy atom. The summed E-state index contributed by atoms with van der Waals surface area (Å²) in [6.45, 7) is 3.06. The Morgan fingerprint density at radius 3 is 2.40 bits per heavy atom. The zero-order chi connectivity index (χ0) is 14.6. The van der Waals surface area contributed by atoms with E-state index in [-0.39, 0.29) is 6.04 Å². The average Bonchev–Trinajstić information content (AvgIpc) is 2.93. The summed E-state index contributed by atoms with van der Waals surface area (Å²) in [6.07, 6.45) is 2.29. The molecule has 0 aliphatic rings. The van der Waals surface area contributed by atoms with Crippen molar-refractivity contribution in [1.82, 2.24) is 5.32 Å². The van der Waals surface area contributed by atoms with Crippen molar-refractivity contribution in [2.24, 2.45) is 0 Å². The van der Waals surface area contributed by atoms with Gasteiger partial charge in [-0.3, -0.25) is 0 Å². The molecule has 0 aliphatic carbocycles. The molecule has 2 rings (SSSR count). The van der Waals surface area contributed by atoms with Crippen LogP contribution in [-0.2, 0) is 9.84 Å². The summed E-state index contributed by atoms with van der Waals surface area (Å²) in [5.74, 6) is 0. The number of nitrogens with one attached hydrogen (secondary N) is 1. The summed E-state index contributed by atoms with van der Waals surface area (Å²) in [5.41, 5.74) is 1.09. The number of thiophene rings is 1. The van der Waals surface area contributed by atoms with E-state index in [9.17, 15) is 8.42 Å². The normalized spacial score (nSPS) is 13.3. The molecule has 108 valence electrons. The van der Waals surface area contributed by atoms with Crippen molar-refractivity contribution in [2.45, 2.75) is 24.3 Å². The second-order valence-corrected chi connectivity index (χ2v) is 7.74. The first-order chi connectivity index (χ1) is 9.52. The third-order valence-corrected chi connectivity index (χ3v) is 5.13. The SMILES string of the molecule is CCCNC(c1ccc(S(C)(=O)=O)cc1)c1cccs1. The Balaban J connectivity index is 2.30. The van der Waals surface area contributed by atoms with Crippen LogP contribution in [0.4, 0.5) is 0 Å². The lowest BCUT2D eigenvalue weighted by Crippen LogP contribution is -2.22. The Labute approximate surface area is 124 Å². The summed E-state index contributed by atoms with van der Waals surface area (Å²) in [6, 6.07) is 11.4.